The Hall–Kier alpha value is -0.230. The number of thiol groups is 1. The molecule has 13 heavy (non-hydrogen) atoms. The van der Waals surface area contributed by atoms with Gasteiger partial charge in [0.15, 0.2) is 0 Å². The first-order chi connectivity index (χ1) is 5.79. The molecule has 1 atom stereocenters. The summed E-state index contributed by atoms with van der Waals surface area (Å²) >= 11 is 6.94. The zero-order valence-corrected chi connectivity index (χ0v) is 9.85. The van der Waals surface area contributed by atoms with Crippen LogP contribution in [0, 0.1) is 0 Å². The van der Waals surface area contributed by atoms with Crippen LogP contribution in [0.4, 0.5) is 0 Å². The van der Waals surface area contributed by atoms with Crippen molar-refractivity contribution in [2.45, 2.75) is 24.2 Å². The minimum atomic E-state index is -1.08. The lowest BCUT2D eigenvalue weighted by Crippen LogP contribution is -2.48. The number of hydrogen-bond acceptors (Lipinski definition) is 3. The minimum Gasteiger partial charge on any atom is -0.480 e. The molecule has 0 aromatic heterocycles. The standard InChI is InChI=1S/C7H12BrNO3S/c1-7(2,8)6(12)9-4(3-13)5(10)11/h4,13H,3H2,1-2H3,(H,9,12)(H,10,11). The van der Waals surface area contributed by atoms with Gasteiger partial charge in [0.2, 0.25) is 5.91 Å². The van der Waals surface area contributed by atoms with Crippen LogP contribution in [0.1, 0.15) is 13.8 Å². The van der Waals surface area contributed by atoms with Gasteiger partial charge in [0.25, 0.3) is 0 Å². The number of carbonyl (C=O) groups excluding carboxylic acids is 1. The predicted octanol–water partition coefficient (Wildman–Crippen LogP) is 0.659. The van der Waals surface area contributed by atoms with Gasteiger partial charge in [-0.3, -0.25) is 4.79 Å². The van der Waals surface area contributed by atoms with Crippen LogP contribution in [-0.4, -0.2) is 33.1 Å². The van der Waals surface area contributed by atoms with Gasteiger partial charge in [-0.25, -0.2) is 4.79 Å². The summed E-state index contributed by atoms with van der Waals surface area (Å²) in [5, 5.41) is 11.0. The van der Waals surface area contributed by atoms with Crippen LogP contribution in [0.3, 0.4) is 0 Å². The number of carboxylic acids is 1. The normalized spacial score (nSPS) is 13.5. The lowest BCUT2D eigenvalue weighted by molar-refractivity contribution is -0.141. The first-order valence-corrected chi connectivity index (χ1v) is 5.05. The van der Waals surface area contributed by atoms with Gasteiger partial charge in [0.05, 0.1) is 4.32 Å². The fourth-order valence-electron chi connectivity index (χ4n) is 0.515. The van der Waals surface area contributed by atoms with Gasteiger partial charge < -0.3 is 10.4 Å². The van der Waals surface area contributed by atoms with E-state index in [4.69, 9.17) is 5.11 Å². The summed E-state index contributed by atoms with van der Waals surface area (Å²) in [5.41, 5.74) is 0. The molecule has 4 nitrogen and oxygen atoms in total. The van der Waals surface area contributed by atoms with Gasteiger partial charge in [-0.05, 0) is 13.8 Å². The molecule has 1 amide bonds. The molecule has 0 radical (unpaired) electrons. The number of carbonyl (C=O) groups is 2. The highest BCUT2D eigenvalue weighted by Crippen LogP contribution is 2.15. The van der Waals surface area contributed by atoms with Crippen molar-refractivity contribution in [2.24, 2.45) is 0 Å². The third-order valence-electron chi connectivity index (χ3n) is 1.33. The number of alkyl halides is 1. The number of aliphatic carboxylic acids is 1. The van der Waals surface area contributed by atoms with E-state index in [1.807, 2.05) is 0 Å². The second-order valence-electron chi connectivity index (χ2n) is 3.02. The van der Waals surface area contributed by atoms with E-state index < -0.39 is 16.3 Å². The number of carboxylic acid groups (broad SMARTS) is 1. The molecule has 0 heterocycles. The molecule has 0 spiro atoms. The van der Waals surface area contributed by atoms with Crippen molar-refractivity contribution in [1.82, 2.24) is 5.32 Å². The zero-order valence-electron chi connectivity index (χ0n) is 7.37. The van der Waals surface area contributed by atoms with Gasteiger partial charge in [-0.1, -0.05) is 15.9 Å². The third-order valence-corrected chi connectivity index (χ3v) is 2.05. The molecular formula is C7H12BrNO3S. The van der Waals surface area contributed by atoms with Crippen molar-refractivity contribution < 1.29 is 14.7 Å². The second-order valence-corrected chi connectivity index (χ2v) is 5.37. The highest BCUT2D eigenvalue weighted by atomic mass is 79.9. The van der Waals surface area contributed by atoms with Gasteiger partial charge in [0, 0.05) is 5.75 Å². The number of amides is 1. The van der Waals surface area contributed by atoms with E-state index in [2.05, 4.69) is 33.9 Å². The molecule has 0 aromatic carbocycles. The lowest BCUT2D eigenvalue weighted by Gasteiger charge is -2.19. The number of rotatable bonds is 4. The van der Waals surface area contributed by atoms with Crippen LogP contribution in [0.25, 0.3) is 0 Å². The van der Waals surface area contributed by atoms with E-state index in [9.17, 15) is 9.59 Å². The average Bonchev–Trinajstić information content (AvgIpc) is 1.96. The molecule has 0 aliphatic rings. The van der Waals surface area contributed by atoms with E-state index in [0.29, 0.717) is 0 Å². The van der Waals surface area contributed by atoms with Gasteiger partial charge >= 0.3 is 5.97 Å². The summed E-state index contributed by atoms with van der Waals surface area (Å²) in [4.78, 5) is 21.8. The number of hydrogen-bond donors (Lipinski definition) is 3. The maximum Gasteiger partial charge on any atom is 0.327 e. The maximum absolute atomic E-state index is 11.3. The molecule has 76 valence electrons. The molecule has 1 unspecified atom stereocenters. The van der Waals surface area contributed by atoms with Gasteiger partial charge in [-0.15, -0.1) is 0 Å². The van der Waals surface area contributed by atoms with E-state index >= 15 is 0 Å². The molecule has 0 saturated carbocycles. The minimum absolute atomic E-state index is 0.0736. The van der Waals surface area contributed by atoms with Crippen molar-refractivity contribution in [1.29, 1.82) is 0 Å². The Bertz CT molecular complexity index is 214. The molecule has 0 aliphatic heterocycles. The maximum atomic E-state index is 11.3. The summed E-state index contributed by atoms with van der Waals surface area (Å²) in [7, 11) is 0. The van der Waals surface area contributed by atoms with E-state index in [1.54, 1.807) is 13.8 Å². The molecule has 0 bridgehead atoms. The number of halogens is 1. The molecule has 6 heteroatoms. The van der Waals surface area contributed by atoms with Crippen LogP contribution >= 0.6 is 28.6 Å². The van der Waals surface area contributed by atoms with Crippen molar-refractivity contribution >= 4 is 40.4 Å². The van der Waals surface area contributed by atoms with Crippen LogP contribution in [0.15, 0.2) is 0 Å². The van der Waals surface area contributed by atoms with Crippen molar-refractivity contribution in [2.75, 3.05) is 5.75 Å². The Balaban J connectivity index is 4.26. The highest BCUT2D eigenvalue weighted by molar-refractivity contribution is 9.10. The second kappa shape index (κ2) is 4.85. The molecule has 0 fully saturated rings. The average molecular weight is 270 g/mol. The van der Waals surface area contributed by atoms with E-state index in [0.717, 1.165) is 0 Å². The van der Waals surface area contributed by atoms with Crippen molar-refractivity contribution in [3.63, 3.8) is 0 Å². The molecule has 0 aliphatic carbocycles. The summed E-state index contributed by atoms with van der Waals surface area (Å²) in [6, 6.07) is -0.937. The SMILES string of the molecule is CC(C)(Br)C(=O)NC(CS)C(=O)O. The monoisotopic (exact) mass is 269 g/mol. The Morgan fingerprint density at radius 1 is 1.62 bits per heavy atom. The van der Waals surface area contributed by atoms with Crippen LogP contribution in [0.2, 0.25) is 0 Å². The fraction of sp³-hybridized carbons (Fsp3) is 0.714. The quantitative estimate of drug-likeness (QED) is 0.519. The first kappa shape index (κ1) is 12.8. The highest BCUT2D eigenvalue weighted by Gasteiger charge is 2.27. The molecule has 0 saturated heterocycles. The zero-order chi connectivity index (χ0) is 10.6. The van der Waals surface area contributed by atoms with Crippen LogP contribution in [0.5, 0.6) is 0 Å². The Labute approximate surface area is 90.6 Å². The summed E-state index contributed by atoms with van der Waals surface area (Å²) in [6.45, 7) is 3.28. The third kappa shape index (κ3) is 4.52. The largest absolute Gasteiger partial charge is 0.480 e. The van der Waals surface area contributed by atoms with Crippen LogP contribution < -0.4 is 5.32 Å². The van der Waals surface area contributed by atoms with E-state index in [1.165, 1.54) is 0 Å². The Kier molecular flexibility index (Phi) is 4.77. The van der Waals surface area contributed by atoms with Crippen molar-refractivity contribution in [3.8, 4) is 0 Å². The molecular weight excluding hydrogens is 258 g/mol. The van der Waals surface area contributed by atoms with E-state index in [-0.39, 0.29) is 11.7 Å². The number of nitrogens with one attached hydrogen (secondary N) is 1. The van der Waals surface area contributed by atoms with Gasteiger partial charge in [-0.2, -0.15) is 12.6 Å². The Morgan fingerprint density at radius 3 is 2.31 bits per heavy atom. The first-order valence-electron chi connectivity index (χ1n) is 3.62. The van der Waals surface area contributed by atoms with Crippen molar-refractivity contribution in [3.05, 3.63) is 0 Å². The lowest BCUT2D eigenvalue weighted by atomic mass is 10.2. The Morgan fingerprint density at radius 2 is 2.08 bits per heavy atom. The van der Waals surface area contributed by atoms with Crippen LogP contribution in [-0.2, 0) is 9.59 Å². The molecule has 0 aromatic rings. The topological polar surface area (TPSA) is 66.4 Å². The smallest absolute Gasteiger partial charge is 0.327 e. The summed E-state index contributed by atoms with van der Waals surface area (Å²) in [5.74, 6) is -1.38. The molecule has 0 rings (SSSR count). The van der Waals surface area contributed by atoms with Gasteiger partial charge in [0.1, 0.15) is 6.04 Å². The fourth-order valence-corrected chi connectivity index (χ4v) is 0.877. The summed E-state index contributed by atoms with van der Waals surface area (Å²) < 4.78 is -0.760. The molecule has 2 N–H and O–H groups in total. The summed E-state index contributed by atoms with van der Waals surface area (Å²) in [6.07, 6.45) is 0. The predicted molar refractivity (Wildman–Crippen MR) is 56.4 cm³/mol.